The van der Waals surface area contributed by atoms with Crippen LogP contribution in [0.1, 0.15) is 15.9 Å². The Morgan fingerprint density at radius 2 is 1.92 bits per heavy atom. The van der Waals surface area contributed by atoms with Gasteiger partial charge in [0, 0.05) is 17.4 Å². The lowest BCUT2D eigenvalue weighted by Crippen LogP contribution is -2.13. The first-order chi connectivity index (χ1) is 11.5. The monoisotopic (exact) mass is 357 g/mol. The molecule has 1 aromatic carbocycles. The van der Waals surface area contributed by atoms with E-state index < -0.39 is 0 Å². The van der Waals surface area contributed by atoms with Crippen molar-refractivity contribution >= 4 is 34.8 Å². The van der Waals surface area contributed by atoms with Gasteiger partial charge in [0.05, 0.1) is 11.3 Å². The molecule has 4 nitrogen and oxygen atoms in total. The van der Waals surface area contributed by atoms with Crippen LogP contribution in [0.5, 0.6) is 0 Å². The van der Waals surface area contributed by atoms with E-state index in [9.17, 15) is 4.79 Å². The molecule has 2 aromatic heterocycles. The van der Waals surface area contributed by atoms with E-state index >= 15 is 0 Å². The molecule has 0 bridgehead atoms. The molecule has 0 fully saturated rings. The summed E-state index contributed by atoms with van der Waals surface area (Å²) in [6.45, 7) is 2.00. The summed E-state index contributed by atoms with van der Waals surface area (Å²) in [4.78, 5) is 20.6. The van der Waals surface area contributed by atoms with Gasteiger partial charge in [0.2, 0.25) is 0 Å². The summed E-state index contributed by atoms with van der Waals surface area (Å²) in [5.41, 5.74) is 3.78. The van der Waals surface area contributed by atoms with Gasteiger partial charge in [-0.15, -0.1) is 0 Å². The Labute approximate surface area is 149 Å². The maximum absolute atomic E-state index is 12.4. The van der Waals surface area contributed by atoms with Gasteiger partial charge in [-0.05, 0) is 48.9 Å². The summed E-state index contributed by atoms with van der Waals surface area (Å²) in [5, 5.41) is 3.13. The zero-order valence-electron chi connectivity index (χ0n) is 12.8. The number of aromatic nitrogens is 2. The number of aryl methyl sites for hydroxylation is 1. The number of carbonyl (C=O) groups excluding carboxylic acids is 1. The fourth-order valence-corrected chi connectivity index (χ4v) is 2.71. The van der Waals surface area contributed by atoms with Crippen molar-refractivity contribution in [2.24, 2.45) is 0 Å². The number of benzene rings is 1. The van der Waals surface area contributed by atoms with Gasteiger partial charge in [-0.2, -0.15) is 0 Å². The predicted octanol–water partition coefficient (Wildman–Crippen LogP) is 5.01. The van der Waals surface area contributed by atoms with Gasteiger partial charge in [0.15, 0.2) is 0 Å². The van der Waals surface area contributed by atoms with Crippen LogP contribution in [0.25, 0.3) is 11.3 Å². The zero-order chi connectivity index (χ0) is 17.1. The van der Waals surface area contributed by atoms with Crippen LogP contribution in [0.15, 0.2) is 54.7 Å². The maximum Gasteiger partial charge on any atom is 0.258 e. The summed E-state index contributed by atoms with van der Waals surface area (Å²) in [6, 6.07) is 14.4. The fraction of sp³-hybridized carbons (Fsp3) is 0.0556. The first kappa shape index (κ1) is 16.4. The van der Waals surface area contributed by atoms with E-state index in [2.05, 4.69) is 15.3 Å². The second-order valence-electron chi connectivity index (χ2n) is 5.17. The molecule has 0 unspecified atom stereocenters. The van der Waals surface area contributed by atoms with E-state index in [0.717, 1.165) is 16.8 Å². The molecular weight excluding hydrogens is 345 g/mol. The highest BCUT2D eigenvalue weighted by molar-refractivity contribution is 6.35. The first-order valence-electron chi connectivity index (χ1n) is 7.20. The smallest absolute Gasteiger partial charge is 0.258 e. The molecule has 3 rings (SSSR count). The topological polar surface area (TPSA) is 54.9 Å². The number of hydrogen-bond donors (Lipinski definition) is 1. The Bertz CT molecular complexity index is 898. The Kier molecular flexibility index (Phi) is 4.79. The molecule has 0 saturated carbocycles. The van der Waals surface area contributed by atoms with Gasteiger partial charge in [-0.1, -0.05) is 35.3 Å². The van der Waals surface area contributed by atoms with Crippen molar-refractivity contribution in [3.8, 4) is 11.3 Å². The number of anilines is 1. The van der Waals surface area contributed by atoms with Crippen LogP contribution in [-0.4, -0.2) is 15.9 Å². The first-order valence-corrected chi connectivity index (χ1v) is 7.95. The lowest BCUT2D eigenvalue weighted by Gasteiger charge is -2.10. The minimum absolute atomic E-state index is 0.0667. The highest BCUT2D eigenvalue weighted by Crippen LogP contribution is 2.25. The van der Waals surface area contributed by atoms with Crippen molar-refractivity contribution in [1.82, 2.24) is 9.97 Å². The van der Waals surface area contributed by atoms with Gasteiger partial charge in [-0.25, -0.2) is 4.98 Å². The SMILES string of the molecule is Cc1ccc(NC(=O)c2ccc(Cl)nc2Cl)cc1-c1ccccn1. The van der Waals surface area contributed by atoms with Crippen molar-refractivity contribution in [1.29, 1.82) is 0 Å². The fourth-order valence-electron chi connectivity index (χ4n) is 2.28. The summed E-state index contributed by atoms with van der Waals surface area (Å²) >= 11 is 11.7. The summed E-state index contributed by atoms with van der Waals surface area (Å²) in [7, 11) is 0. The highest BCUT2D eigenvalue weighted by Gasteiger charge is 2.13. The molecule has 0 aliphatic rings. The lowest BCUT2D eigenvalue weighted by molar-refractivity contribution is 0.102. The molecule has 1 N–H and O–H groups in total. The maximum atomic E-state index is 12.4. The summed E-state index contributed by atoms with van der Waals surface area (Å²) in [6.07, 6.45) is 1.74. The third-order valence-electron chi connectivity index (χ3n) is 3.50. The standard InChI is InChI=1S/C18H13Cl2N3O/c1-11-5-6-12(10-14(11)15-4-2-3-9-21-15)22-18(24)13-7-8-16(19)23-17(13)20/h2-10H,1H3,(H,22,24). The number of nitrogens with zero attached hydrogens (tertiary/aromatic N) is 2. The number of nitrogens with one attached hydrogen (secondary N) is 1. The average Bonchev–Trinajstić information content (AvgIpc) is 2.57. The third-order valence-corrected chi connectivity index (χ3v) is 3.99. The number of hydrogen-bond acceptors (Lipinski definition) is 3. The van der Waals surface area contributed by atoms with Crippen LogP contribution >= 0.6 is 23.2 Å². The van der Waals surface area contributed by atoms with Crippen molar-refractivity contribution in [3.05, 3.63) is 76.2 Å². The largest absolute Gasteiger partial charge is 0.322 e. The molecule has 0 spiro atoms. The van der Waals surface area contributed by atoms with E-state index in [1.54, 1.807) is 12.3 Å². The van der Waals surface area contributed by atoms with E-state index in [1.165, 1.54) is 6.07 Å². The van der Waals surface area contributed by atoms with Crippen LogP contribution in [0.2, 0.25) is 10.3 Å². The number of amides is 1. The van der Waals surface area contributed by atoms with Gasteiger partial charge in [0.1, 0.15) is 10.3 Å². The molecule has 0 radical (unpaired) electrons. The van der Waals surface area contributed by atoms with Crippen LogP contribution in [0.4, 0.5) is 5.69 Å². The molecular formula is C18H13Cl2N3O. The molecule has 24 heavy (non-hydrogen) atoms. The number of carbonyl (C=O) groups is 1. The lowest BCUT2D eigenvalue weighted by atomic mass is 10.0. The van der Waals surface area contributed by atoms with E-state index in [1.807, 2.05) is 43.3 Å². The van der Waals surface area contributed by atoms with Crippen LogP contribution in [0, 0.1) is 6.92 Å². The number of rotatable bonds is 3. The van der Waals surface area contributed by atoms with Crippen molar-refractivity contribution < 1.29 is 4.79 Å². The molecule has 3 aromatic rings. The normalized spacial score (nSPS) is 10.5. The minimum atomic E-state index is -0.347. The molecule has 6 heteroatoms. The van der Waals surface area contributed by atoms with Gasteiger partial charge in [-0.3, -0.25) is 9.78 Å². The minimum Gasteiger partial charge on any atom is -0.322 e. The van der Waals surface area contributed by atoms with Gasteiger partial charge < -0.3 is 5.32 Å². The van der Waals surface area contributed by atoms with Gasteiger partial charge >= 0.3 is 0 Å². The van der Waals surface area contributed by atoms with E-state index in [0.29, 0.717) is 5.69 Å². The quantitative estimate of drug-likeness (QED) is 0.670. The van der Waals surface area contributed by atoms with Crippen LogP contribution in [0.3, 0.4) is 0 Å². The molecule has 2 heterocycles. The molecule has 0 atom stereocenters. The Balaban J connectivity index is 1.89. The second kappa shape index (κ2) is 6.99. The van der Waals surface area contributed by atoms with Crippen molar-refractivity contribution in [3.63, 3.8) is 0 Å². The van der Waals surface area contributed by atoms with Crippen LogP contribution in [-0.2, 0) is 0 Å². The summed E-state index contributed by atoms with van der Waals surface area (Å²) < 4.78 is 0. The van der Waals surface area contributed by atoms with E-state index in [4.69, 9.17) is 23.2 Å². The highest BCUT2D eigenvalue weighted by atomic mass is 35.5. The Morgan fingerprint density at radius 3 is 2.62 bits per heavy atom. The Morgan fingerprint density at radius 1 is 1.08 bits per heavy atom. The molecule has 0 aliphatic heterocycles. The Hall–Kier alpha value is -2.43. The summed E-state index contributed by atoms with van der Waals surface area (Å²) in [5.74, 6) is -0.347. The van der Waals surface area contributed by atoms with Gasteiger partial charge in [0.25, 0.3) is 5.91 Å². The van der Waals surface area contributed by atoms with Crippen molar-refractivity contribution in [2.45, 2.75) is 6.92 Å². The van der Waals surface area contributed by atoms with Crippen LogP contribution < -0.4 is 5.32 Å². The number of halogens is 2. The molecule has 1 amide bonds. The third kappa shape index (κ3) is 3.55. The predicted molar refractivity (Wildman–Crippen MR) is 96.6 cm³/mol. The molecule has 0 saturated heterocycles. The second-order valence-corrected chi connectivity index (χ2v) is 5.92. The number of pyridine rings is 2. The molecule has 120 valence electrons. The van der Waals surface area contributed by atoms with E-state index in [-0.39, 0.29) is 21.8 Å². The van der Waals surface area contributed by atoms with Crippen molar-refractivity contribution in [2.75, 3.05) is 5.32 Å². The molecule has 0 aliphatic carbocycles. The average molecular weight is 358 g/mol. The zero-order valence-corrected chi connectivity index (χ0v) is 14.3.